The lowest BCUT2D eigenvalue weighted by atomic mass is 9.95. The molecule has 520 valence electrons. The van der Waals surface area contributed by atoms with Crippen LogP contribution < -0.4 is 0 Å². The molecule has 0 amide bonds. The average molecular weight is 1320 g/mol. The third-order valence-corrected chi connectivity index (χ3v) is 16.7. The SMILES string of the molecule is OCC1OC(O)C(O)C(O)C1O[C@H]1OC(CO)[C@@H](O[C@H]2OC(CO)[C@@H](O[C@H]3OC(CO)[C@@H](O[C@H]4OC(CO)[C@@H](O[C@H]5OC(CO)[C@@H](O[C@H]6OC(CO)[C@@H](O[C@H]7OC(CO)[C@@H](O)[C@H](O)C7O)[C@H](O)C6O)[C@H](O)C5O)[C@H](O)C4O)[C@H](O)C3O)[C@H](O)C2O)[C@H](O)C1O. The summed E-state index contributed by atoms with van der Waals surface area (Å²) >= 11 is 0. The Morgan fingerprint density at radius 1 is 0.169 bits per heavy atom. The van der Waals surface area contributed by atoms with E-state index in [9.17, 15) is 133 Å². The van der Waals surface area contributed by atoms with Crippen LogP contribution in [-0.4, -0.2) is 431 Å². The van der Waals surface area contributed by atoms with Crippen molar-refractivity contribution in [1.29, 1.82) is 0 Å². The van der Waals surface area contributed by atoms with Crippen LogP contribution in [0.4, 0.5) is 0 Å². The third kappa shape index (κ3) is 15.0. The van der Waals surface area contributed by atoms with Gasteiger partial charge in [-0.05, 0) is 0 Å². The molecule has 41 heteroatoms. The van der Waals surface area contributed by atoms with Gasteiger partial charge in [-0.25, -0.2) is 0 Å². The van der Waals surface area contributed by atoms with Crippen LogP contribution in [0.1, 0.15) is 0 Å². The van der Waals surface area contributed by atoms with E-state index in [1.807, 2.05) is 0 Å². The predicted octanol–water partition coefficient (Wildman–Crippen LogP) is -18.5. The average Bonchev–Trinajstić information content (AvgIpc) is 1.18. The van der Waals surface area contributed by atoms with E-state index >= 15 is 0 Å². The van der Waals surface area contributed by atoms with Gasteiger partial charge in [0.25, 0.3) is 0 Å². The molecule has 0 saturated carbocycles. The minimum absolute atomic E-state index is 0.854. The lowest BCUT2D eigenvalue weighted by molar-refractivity contribution is -0.399. The van der Waals surface area contributed by atoms with Gasteiger partial charge in [0.05, 0.1) is 52.9 Å². The molecule has 0 aliphatic carbocycles. The molecule has 26 N–H and O–H groups in total. The zero-order valence-electron chi connectivity index (χ0n) is 46.5. The van der Waals surface area contributed by atoms with Crippen LogP contribution in [0, 0.1) is 0 Å². The molecule has 8 fully saturated rings. The Morgan fingerprint density at radius 3 is 0.517 bits per heavy atom. The Bertz CT molecular complexity index is 2120. The van der Waals surface area contributed by atoms with Gasteiger partial charge in [0, 0.05) is 0 Å². The fourth-order valence-corrected chi connectivity index (χ4v) is 11.5. The molecule has 0 bridgehead atoms. The lowest BCUT2D eigenvalue weighted by Crippen LogP contribution is -2.68. The van der Waals surface area contributed by atoms with Crippen LogP contribution in [0.25, 0.3) is 0 Å². The van der Waals surface area contributed by atoms with Gasteiger partial charge in [0.15, 0.2) is 50.3 Å². The smallest absolute Gasteiger partial charge is 0.187 e. The molecule has 8 heterocycles. The van der Waals surface area contributed by atoms with Crippen molar-refractivity contribution < 1.29 is 204 Å². The van der Waals surface area contributed by atoms with Crippen LogP contribution in [0.3, 0.4) is 0 Å². The molecule has 40 atom stereocenters. The van der Waals surface area contributed by atoms with Crippen molar-refractivity contribution in [3.8, 4) is 0 Å². The summed E-state index contributed by atoms with van der Waals surface area (Å²) in [6, 6.07) is 0. The number of ether oxygens (including phenoxy) is 15. The van der Waals surface area contributed by atoms with Crippen molar-refractivity contribution in [2.24, 2.45) is 0 Å². The van der Waals surface area contributed by atoms with E-state index in [1.54, 1.807) is 0 Å². The normalized spacial score (nSPS) is 53.6. The van der Waals surface area contributed by atoms with Crippen molar-refractivity contribution in [3.05, 3.63) is 0 Å². The summed E-state index contributed by atoms with van der Waals surface area (Å²) in [5, 5.41) is 277. The fraction of sp³-hybridized carbons (Fsp3) is 1.00. The molecule has 0 spiro atoms. The standard InChI is InChI=1S/C48H82O41/c49-1-9-17(57)18(58)27(67)42(76-9)84-35-11(3-51)78-44(29(69)20(35)60)86-37-13(5-53)80-46(31(71)22(37)62)88-39-15(7-55)82-48(33(73)24(39)64)89-40-16(8-56)81-47(32(72)25(40)65)87-38-14(6-54)79-45(30(70)23(38)63)85-36-12(4-52)77-43(28(68)21(36)61)83-34-10(2-50)75-41(74)26(66)19(34)59/h9-74H,1-8H2/t9?,10?,11?,12?,13?,14?,15?,16?,17-,18+,19?,20-,21-,22-,23-,24-,25-,26?,27?,28?,29?,30?,31?,32?,33?,34?,35-,36-,37-,38-,39-,40-,41?,42-,43-,44-,45-,46-,47-,48-/m1/s1. The maximum atomic E-state index is 11.4. The minimum atomic E-state index is -2.26. The molecule has 0 radical (unpaired) electrons. The van der Waals surface area contributed by atoms with Gasteiger partial charge < -0.3 is 204 Å². The van der Waals surface area contributed by atoms with E-state index in [4.69, 9.17) is 71.1 Å². The highest BCUT2D eigenvalue weighted by atomic mass is 16.8. The van der Waals surface area contributed by atoms with Gasteiger partial charge in [-0.2, -0.15) is 0 Å². The van der Waals surface area contributed by atoms with Gasteiger partial charge in [0.1, 0.15) is 195 Å². The highest BCUT2D eigenvalue weighted by Crippen LogP contribution is 2.39. The Labute approximate surface area is 501 Å². The van der Waals surface area contributed by atoms with E-state index in [0.717, 1.165) is 0 Å². The highest BCUT2D eigenvalue weighted by molar-refractivity contribution is 5.02. The summed E-state index contributed by atoms with van der Waals surface area (Å²) in [6.45, 7) is -8.07. The van der Waals surface area contributed by atoms with Gasteiger partial charge in [-0.1, -0.05) is 0 Å². The molecular weight excluding hydrogens is 1230 g/mol. The van der Waals surface area contributed by atoms with Crippen molar-refractivity contribution in [3.63, 3.8) is 0 Å². The van der Waals surface area contributed by atoms with Crippen molar-refractivity contribution >= 4 is 0 Å². The monoisotopic (exact) mass is 1310 g/mol. The molecule has 8 rings (SSSR count). The largest absolute Gasteiger partial charge is 0.394 e. The van der Waals surface area contributed by atoms with Crippen molar-refractivity contribution in [1.82, 2.24) is 0 Å². The maximum absolute atomic E-state index is 11.4. The highest BCUT2D eigenvalue weighted by Gasteiger charge is 2.59. The number of rotatable bonds is 22. The maximum Gasteiger partial charge on any atom is 0.187 e. The Morgan fingerprint density at radius 2 is 0.326 bits per heavy atom. The second kappa shape index (κ2) is 31.5. The van der Waals surface area contributed by atoms with Crippen LogP contribution in [0.2, 0.25) is 0 Å². The molecule has 0 aromatic heterocycles. The predicted molar refractivity (Wildman–Crippen MR) is 264 cm³/mol. The number of aliphatic hydroxyl groups excluding tert-OH is 26. The van der Waals surface area contributed by atoms with E-state index in [1.165, 1.54) is 0 Å². The van der Waals surface area contributed by atoms with E-state index in [2.05, 4.69) is 0 Å². The molecule has 8 saturated heterocycles. The number of hydrogen-bond acceptors (Lipinski definition) is 41. The van der Waals surface area contributed by atoms with E-state index < -0.39 is 299 Å². The molecule has 0 aromatic carbocycles. The molecule has 0 aromatic rings. The summed E-state index contributed by atoms with van der Waals surface area (Å²) < 4.78 is 83.4. The summed E-state index contributed by atoms with van der Waals surface area (Å²) in [5.41, 5.74) is 0. The number of hydrogen-bond donors (Lipinski definition) is 26. The zero-order chi connectivity index (χ0) is 65.4. The number of aliphatic hydroxyl groups is 26. The Hall–Kier alpha value is -1.64. The van der Waals surface area contributed by atoms with Crippen LogP contribution in [-0.2, 0) is 71.1 Å². The molecule has 19 unspecified atom stereocenters. The van der Waals surface area contributed by atoms with E-state index in [-0.39, 0.29) is 0 Å². The molecule has 41 nitrogen and oxygen atoms in total. The van der Waals surface area contributed by atoms with Gasteiger partial charge in [-0.15, -0.1) is 0 Å². The first-order valence-electron chi connectivity index (χ1n) is 28.2. The summed E-state index contributed by atoms with van der Waals surface area (Å²) in [6.07, 6.45) is -78.4. The van der Waals surface area contributed by atoms with Gasteiger partial charge in [-0.3, -0.25) is 0 Å². The van der Waals surface area contributed by atoms with Crippen LogP contribution in [0.5, 0.6) is 0 Å². The zero-order valence-corrected chi connectivity index (χ0v) is 46.5. The summed E-state index contributed by atoms with van der Waals surface area (Å²) in [4.78, 5) is 0. The first-order valence-corrected chi connectivity index (χ1v) is 28.2. The second-order valence-corrected chi connectivity index (χ2v) is 22.4. The Kier molecular flexibility index (Phi) is 25.9. The van der Waals surface area contributed by atoms with Gasteiger partial charge in [0.2, 0.25) is 0 Å². The fourth-order valence-electron chi connectivity index (χ4n) is 11.5. The lowest BCUT2D eigenvalue weighted by Gasteiger charge is -2.50. The van der Waals surface area contributed by atoms with E-state index in [0.29, 0.717) is 0 Å². The van der Waals surface area contributed by atoms with Crippen LogP contribution >= 0.6 is 0 Å². The molecule has 89 heavy (non-hydrogen) atoms. The molecular formula is C48H82O41. The summed E-state index contributed by atoms with van der Waals surface area (Å²) in [7, 11) is 0. The quantitative estimate of drug-likeness (QED) is 0.0479. The summed E-state index contributed by atoms with van der Waals surface area (Å²) in [5.74, 6) is 0. The van der Waals surface area contributed by atoms with Gasteiger partial charge >= 0.3 is 0 Å². The molecule has 8 aliphatic rings. The van der Waals surface area contributed by atoms with Crippen LogP contribution in [0.15, 0.2) is 0 Å². The Balaban J connectivity index is 0.850. The van der Waals surface area contributed by atoms with Crippen molar-refractivity contribution in [2.75, 3.05) is 52.9 Å². The van der Waals surface area contributed by atoms with Crippen molar-refractivity contribution in [2.45, 2.75) is 246 Å². The minimum Gasteiger partial charge on any atom is -0.394 e. The third-order valence-electron chi connectivity index (χ3n) is 16.7. The second-order valence-electron chi connectivity index (χ2n) is 22.4. The topological polar surface area (TPSA) is 664 Å². The first-order chi connectivity index (χ1) is 42.2. The first kappa shape index (κ1) is 73.2. The molecule has 8 aliphatic heterocycles.